The van der Waals surface area contributed by atoms with Gasteiger partial charge in [0.1, 0.15) is 5.82 Å². The molecule has 0 saturated carbocycles. The molecule has 4 nitrogen and oxygen atoms in total. The lowest BCUT2D eigenvalue weighted by molar-refractivity contribution is 0.426. The highest BCUT2D eigenvalue weighted by molar-refractivity contribution is 8.00. The fourth-order valence-corrected chi connectivity index (χ4v) is 2.87. The van der Waals surface area contributed by atoms with Crippen LogP contribution in [0.25, 0.3) is 0 Å². The summed E-state index contributed by atoms with van der Waals surface area (Å²) in [6.07, 6.45) is 0. The Kier molecular flexibility index (Phi) is 4.17. The van der Waals surface area contributed by atoms with Gasteiger partial charge in [-0.25, -0.2) is 4.98 Å². The van der Waals surface area contributed by atoms with Crippen LogP contribution in [0.2, 0.25) is 0 Å². The summed E-state index contributed by atoms with van der Waals surface area (Å²) in [6.45, 7) is 1.87. The molecule has 0 atom stereocenters. The van der Waals surface area contributed by atoms with Crippen LogP contribution in [0.5, 0.6) is 0 Å². The molecule has 2 rings (SSSR count). The number of rotatable bonds is 4. The van der Waals surface area contributed by atoms with Gasteiger partial charge in [0.25, 0.3) is 0 Å². The van der Waals surface area contributed by atoms with E-state index in [2.05, 4.69) is 9.36 Å². The molecule has 0 aliphatic rings. The number of hydrogen-bond acceptors (Lipinski definition) is 6. The zero-order chi connectivity index (χ0) is 12.3. The van der Waals surface area contributed by atoms with Crippen LogP contribution in [0, 0.1) is 6.92 Å². The first-order valence-corrected chi connectivity index (χ1v) is 6.79. The fraction of sp³-hybridized carbons (Fsp3) is 0.200. The van der Waals surface area contributed by atoms with Crippen LogP contribution in [0.3, 0.4) is 0 Å². The molecule has 0 spiro atoms. The third kappa shape index (κ3) is 3.54. The number of hydrogen-bond donors (Lipinski definition) is 2. The summed E-state index contributed by atoms with van der Waals surface area (Å²) >= 11 is 3.03. The van der Waals surface area contributed by atoms with Gasteiger partial charge in [-0.15, -0.1) is 0 Å². The van der Waals surface area contributed by atoms with Gasteiger partial charge in [-0.3, -0.25) is 0 Å². The fourth-order valence-electron chi connectivity index (χ4n) is 1.27. The Hall–Kier alpha value is -0.885. The van der Waals surface area contributed by atoms with E-state index in [1.165, 1.54) is 11.5 Å². The summed E-state index contributed by atoms with van der Waals surface area (Å²) in [5, 5.41) is 17.9. The second-order valence-corrected chi connectivity index (χ2v) is 5.49. The van der Waals surface area contributed by atoms with Crippen molar-refractivity contribution in [3.63, 3.8) is 0 Å². The molecule has 0 radical (unpaired) electrons. The minimum Gasteiger partial charge on any atom is -0.423 e. The molecule has 0 fully saturated rings. The topological polar surface area (TPSA) is 66.2 Å². The van der Waals surface area contributed by atoms with Crippen molar-refractivity contribution in [2.75, 3.05) is 0 Å². The van der Waals surface area contributed by atoms with Gasteiger partial charge in [-0.2, -0.15) is 4.37 Å². The molecule has 0 bridgehead atoms. The van der Waals surface area contributed by atoms with Gasteiger partial charge >= 0.3 is 7.12 Å². The van der Waals surface area contributed by atoms with E-state index in [0.717, 1.165) is 21.5 Å². The second kappa shape index (κ2) is 5.64. The van der Waals surface area contributed by atoms with E-state index in [4.69, 9.17) is 10.0 Å². The maximum Gasteiger partial charge on any atom is 0.488 e. The quantitative estimate of drug-likeness (QED) is 0.633. The molecule has 1 aromatic heterocycles. The smallest absolute Gasteiger partial charge is 0.423 e. The monoisotopic (exact) mass is 266 g/mol. The molecule has 0 saturated heterocycles. The third-order valence-electron chi connectivity index (χ3n) is 2.15. The summed E-state index contributed by atoms with van der Waals surface area (Å²) in [5.41, 5.74) is 1.62. The molecule has 2 N–H and O–H groups in total. The molecule has 1 aromatic carbocycles. The molecular weight excluding hydrogens is 255 g/mol. The van der Waals surface area contributed by atoms with E-state index < -0.39 is 7.12 Å². The molecule has 88 valence electrons. The first kappa shape index (κ1) is 12.6. The van der Waals surface area contributed by atoms with Gasteiger partial charge in [0.15, 0.2) is 4.34 Å². The first-order chi connectivity index (χ1) is 8.15. The molecule has 17 heavy (non-hydrogen) atoms. The molecular formula is C10H11BN2O2S2. The lowest BCUT2D eigenvalue weighted by atomic mass is 9.80. The van der Waals surface area contributed by atoms with Crippen LogP contribution in [0.4, 0.5) is 0 Å². The molecule has 0 aliphatic carbocycles. The zero-order valence-electron chi connectivity index (χ0n) is 9.20. The normalized spacial score (nSPS) is 10.5. The van der Waals surface area contributed by atoms with Crippen LogP contribution in [0.1, 0.15) is 11.4 Å². The highest BCUT2D eigenvalue weighted by Gasteiger charge is 2.09. The Labute approximate surface area is 108 Å². The van der Waals surface area contributed by atoms with Gasteiger partial charge in [0.05, 0.1) is 0 Å². The predicted molar refractivity (Wildman–Crippen MR) is 70.5 cm³/mol. The van der Waals surface area contributed by atoms with Crippen molar-refractivity contribution in [2.24, 2.45) is 0 Å². The van der Waals surface area contributed by atoms with E-state index >= 15 is 0 Å². The minimum atomic E-state index is -1.40. The molecule has 7 heteroatoms. The number of aryl methyl sites for hydroxylation is 1. The summed E-state index contributed by atoms with van der Waals surface area (Å²) in [6, 6.07) is 7.20. The number of benzene rings is 1. The van der Waals surface area contributed by atoms with Crippen molar-refractivity contribution in [2.45, 2.75) is 17.0 Å². The Bertz CT molecular complexity index is 487. The highest BCUT2D eigenvalue weighted by Crippen LogP contribution is 2.23. The molecule has 0 unspecified atom stereocenters. The van der Waals surface area contributed by atoms with Gasteiger partial charge in [0.2, 0.25) is 0 Å². The zero-order valence-corrected chi connectivity index (χ0v) is 10.8. The third-order valence-corrected chi connectivity index (χ3v) is 4.15. The SMILES string of the molecule is Cc1nsc(SCc2ccc(B(O)O)cc2)n1. The standard InChI is InChI=1S/C10H11BN2O2S2/c1-7-12-10(17-13-7)16-6-8-2-4-9(5-3-8)11(14)15/h2-5,14-15H,6H2,1H3. The summed E-state index contributed by atoms with van der Waals surface area (Å²) in [4.78, 5) is 4.26. The molecule has 1 heterocycles. The van der Waals surface area contributed by atoms with Gasteiger partial charge in [-0.1, -0.05) is 36.0 Å². The maximum absolute atomic E-state index is 8.96. The first-order valence-electron chi connectivity index (χ1n) is 5.03. The van der Waals surface area contributed by atoms with Crippen LogP contribution in [-0.4, -0.2) is 26.5 Å². The van der Waals surface area contributed by atoms with Gasteiger partial charge < -0.3 is 10.0 Å². The van der Waals surface area contributed by atoms with Crippen molar-refractivity contribution >= 4 is 35.9 Å². The van der Waals surface area contributed by atoms with Crippen LogP contribution < -0.4 is 5.46 Å². The summed E-state index contributed by atoms with van der Waals surface area (Å²) in [7, 11) is -1.40. The van der Waals surface area contributed by atoms with E-state index in [9.17, 15) is 0 Å². The highest BCUT2D eigenvalue weighted by atomic mass is 32.2. The van der Waals surface area contributed by atoms with E-state index in [-0.39, 0.29) is 0 Å². The predicted octanol–water partition coefficient (Wildman–Crippen LogP) is 0.819. The lowest BCUT2D eigenvalue weighted by Gasteiger charge is -2.01. The minimum absolute atomic E-state index is 0.505. The summed E-state index contributed by atoms with van der Waals surface area (Å²) < 4.78 is 5.06. The van der Waals surface area contributed by atoms with Crippen LogP contribution in [0.15, 0.2) is 28.6 Å². The Balaban J connectivity index is 1.95. The Morgan fingerprint density at radius 1 is 1.29 bits per heavy atom. The Morgan fingerprint density at radius 2 is 2.00 bits per heavy atom. The van der Waals surface area contributed by atoms with Gasteiger partial charge in [-0.05, 0) is 29.5 Å². The van der Waals surface area contributed by atoms with Crippen molar-refractivity contribution in [3.05, 3.63) is 35.7 Å². The van der Waals surface area contributed by atoms with E-state index in [0.29, 0.717) is 5.46 Å². The van der Waals surface area contributed by atoms with Crippen LogP contribution in [-0.2, 0) is 5.75 Å². The largest absolute Gasteiger partial charge is 0.488 e. The average molecular weight is 266 g/mol. The van der Waals surface area contributed by atoms with Crippen molar-refractivity contribution < 1.29 is 10.0 Å². The lowest BCUT2D eigenvalue weighted by Crippen LogP contribution is -2.29. The number of nitrogens with zero attached hydrogens (tertiary/aromatic N) is 2. The van der Waals surface area contributed by atoms with Crippen LogP contribution >= 0.6 is 23.3 Å². The summed E-state index contributed by atoms with van der Waals surface area (Å²) in [5.74, 6) is 1.60. The molecule has 2 aromatic rings. The van der Waals surface area contributed by atoms with Crippen molar-refractivity contribution in [1.29, 1.82) is 0 Å². The van der Waals surface area contributed by atoms with E-state index in [1.807, 2.05) is 19.1 Å². The average Bonchev–Trinajstić information content (AvgIpc) is 2.73. The van der Waals surface area contributed by atoms with Crippen molar-refractivity contribution in [3.8, 4) is 0 Å². The molecule has 0 aliphatic heterocycles. The van der Waals surface area contributed by atoms with Crippen molar-refractivity contribution in [1.82, 2.24) is 9.36 Å². The number of aromatic nitrogens is 2. The number of thioether (sulfide) groups is 1. The van der Waals surface area contributed by atoms with Gasteiger partial charge in [0, 0.05) is 5.75 Å². The molecule has 0 amide bonds. The van der Waals surface area contributed by atoms with E-state index in [1.54, 1.807) is 23.9 Å². The second-order valence-electron chi connectivity index (χ2n) is 3.51. The Morgan fingerprint density at radius 3 is 2.53 bits per heavy atom. The maximum atomic E-state index is 8.96.